The second kappa shape index (κ2) is 3.15. The third-order valence-electron chi connectivity index (χ3n) is 7.65. The van der Waals surface area contributed by atoms with Gasteiger partial charge in [0.1, 0.15) is 0 Å². The minimum atomic E-state index is 0.0843. The van der Waals surface area contributed by atoms with Gasteiger partial charge in [-0.3, -0.25) is 0 Å². The molecule has 5 aliphatic carbocycles. The molecule has 0 spiro atoms. The average Bonchev–Trinajstić information content (AvgIpc) is 2.62. The maximum Gasteiger partial charge on any atom is 0.0426 e. The zero-order valence-corrected chi connectivity index (χ0v) is 13.2. The summed E-state index contributed by atoms with van der Waals surface area (Å²) in [4.78, 5) is 0. The van der Waals surface area contributed by atoms with Crippen LogP contribution in [-0.4, -0.2) is 0 Å². The molecule has 112 valence electrons. The Morgan fingerprint density at radius 3 is 0.875 bits per heavy atom. The van der Waals surface area contributed by atoms with Crippen molar-refractivity contribution in [1.82, 2.24) is 0 Å². The fraction of sp³-hybridized carbons (Fsp3) is 0.167. The van der Waals surface area contributed by atoms with Crippen LogP contribution in [0.3, 0.4) is 0 Å². The van der Waals surface area contributed by atoms with Gasteiger partial charge in [-0.1, -0.05) is 97.1 Å². The Hall–Kier alpha value is -2.60. The zero-order chi connectivity index (χ0) is 15.6. The highest BCUT2D eigenvalue weighted by molar-refractivity contribution is 5.89. The molecule has 0 unspecified atom stereocenters. The average molecular weight is 304 g/mol. The molecule has 2 aromatic rings. The molecule has 7 rings (SSSR count). The highest BCUT2D eigenvalue weighted by Gasteiger charge is 2.94. The maximum atomic E-state index is 2.49. The van der Waals surface area contributed by atoms with Crippen LogP contribution in [0.4, 0.5) is 0 Å². The summed E-state index contributed by atoms with van der Waals surface area (Å²) in [5.74, 6) is 0. The van der Waals surface area contributed by atoms with Crippen molar-refractivity contribution in [3.8, 4) is 0 Å². The van der Waals surface area contributed by atoms with Crippen LogP contribution >= 0.6 is 0 Å². The zero-order valence-electron chi connectivity index (χ0n) is 13.2. The highest BCUT2D eigenvalue weighted by atomic mass is 14.9. The molecule has 0 heterocycles. The van der Waals surface area contributed by atoms with Crippen LogP contribution in [0, 0.1) is 0 Å². The fourth-order valence-electron chi connectivity index (χ4n) is 7.31. The lowest BCUT2D eigenvalue weighted by Gasteiger charge is -2.90. The molecule has 5 aliphatic rings. The van der Waals surface area contributed by atoms with Crippen molar-refractivity contribution in [2.75, 3.05) is 0 Å². The van der Waals surface area contributed by atoms with E-state index < -0.39 is 0 Å². The van der Waals surface area contributed by atoms with Crippen molar-refractivity contribution in [3.05, 3.63) is 119 Å². The van der Waals surface area contributed by atoms with Gasteiger partial charge in [0, 0.05) is 21.7 Å². The summed E-state index contributed by atoms with van der Waals surface area (Å²) in [5.41, 5.74) is 6.43. The molecule has 0 bridgehead atoms. The monoisotopic (exact) mass is 304 g/mol. The van der Waals surface area contributed by atoms with E-state index in [1.807, 2.05) is 0 Å². The summed E-state index contributed by atoms with van der Waals surface area (Å²) in [6.45, 7) is 0. The number of rotatable bonds is 0. The molecule has 0 saturated heterocycles. The van der Waals surface area contributed by atoms with E-state index in [-0.39, 0.29) is 21.7 Å². The molecule has 0 nitrogen and oxygen atoms in total. The second-order valence-electron chi connectivity index (χ2n) is 7.76. The molecule has 0 amide bonds. The van der Waals surface area contributed by atoms with Gasteiger partial charge >= 0.3 is 0 Å². The minimum Gasteiger partial charge on any atom is -0.0715 e. The van der Waals surface area contributed by atoms with Crippen LogP contribution in [0.15, 0.2) is 97.1 Å². The van der Waals surface area contributed by atoms with Crippen LogP contribution in [0.5, 0.6) is 0 Å². The van der Waals surface area contributed by atoms with E-state index in [2.05, 4.69) is 97.1 Å². The molecule has 0 radical (unpaired) electrons. The predicted molar refractivity (Wildman–Crippen MR) is 96.2 cm³/mol. The molecule has 0 aromatic heterocycles. The van der Waals surface area contributed by atoms with Crippen molar-refractivity contribution >= 4 is 0 Å². The van der Waals surface area contributed by atoms with E-state index >= 15 is 0 Å². The minimum absolute atomic E-state index is 0.0843. The Balaban J connectivity index is 1.72. The van der Waals surface area contributed by atoms with Gasteiger partial charge in [0.25, 0.3) is 0 Å². The quantitative estimate of drug-likeness (QED) is 0.665. The number of allylic oxidation sites excluding steroid dienone is 8. The summed E-state index contributed by atoms with van der Waals surface area (Å²) in [6.07, 6.45) is 19.0. The first-order valence-corrected chi connectivity index (χ1v) is 8.81. The topological polar surface area (TPSA) is 0 Å². The van der Waals surface area contributed by atoms with Crippen molar-refractivity contribution in [3.63, 3.8) is 0 Å². The maximum absolute atomic E-state index is 2.49. The number of benzene rings is 2. The van der Waals surface area contributed by atoms with Crippen LogP contribution in [0.25, 0.3) is 0 Å². The first kappa shape index (κ1) is 11.9. The number of hydrogen-bond acceptors (Lipinski definition) is 0. The van der Waals surface area contributed by atoms with Crippen LogP contribution in [0.1, 0.15) is 22.3 Å². The lowest BCUT2D eigenvalue weighted by atomic mass is 9.09. The van der Waals surface area contributed by atoms with Crippen LogP contribution < -0.4 is 0 Å². The Morgan fingerprint density at radius 2 is 0.625 bits per heavy atom. The van der Waals surface area contributed by atoms with E-state index in [9.17, 15) is 0 Å². The van der Waals surface area contributed by atoms with E-state index in [1.165, 1.54) is 22.3 Å². The van der Waals surface area contributed by atoms with E-state index in [4.69, 9.17) is 0 Å². The molecule has 0 heteroatoms. The molecule has 1 fully saturated rings. The summed E-state index contributed by atoms with van der Waals surface area (Å²) in [5, 5.41) is 0. The summed E-state index contributed by atoms with van der Waals surface area (Å²) in [6, 6.07) is 18.2. The standard InChI is InChI=1S/C24H16/c1-2-10-18-17(9-1)21-13-5-6-14-22(18,21)24-16-8-7-15-23(21,24)19-11-3-4-12-20(19)24/h1-16H. The van der Waals surface area contributed by atoms with Gasteiger partial charge in [0.2, 0.25) is 0 Å². The Bertz CT molecular complexity index is 891. The SMILES string of the molecule is C1=CC23c4ccccc4C2(C=C1)C12C=CC=CC31c1ccccc12. The molecule has 24 heavy (non-hydrogen) atoms. The molecule has 2 aromatic carbocycles. The van der Waals surface area contributed by atoms with E-state index in [1.54, 1.807) is 0 Å². The smallest absolute Gasteiger partial charge is 0.0426 e. The summed E-state index contributed by atoms with van der Waals surface area (Å²) < 4.78 is 0. The van der Waals surface area contributed by atoms with E-state index in [0.717, 1.165) is 0 Å². The Morgan fingerprint density at radius 1 is 0.375 bits per heavy atom. The largest absolute Gasteiger partial charge is 0.0715 e. The van der Waals surface area contributed by atoms with Gasteiger partial charge in [-0.2, -0.15) is 0 Å². The molecule has 0 atom stereocenters. The van der Waals surface area contributed by atoms with Crippen LogP contribution in [0.2, 0.25) is 0 Å². The lowest BCUT2D eigenvalue weighted by Crippen LogP contribution is -2.94. The van der Waals surface area contributed by atoms with E-state index in [0.29, 0.717) is 0 Å². The normalized spacial score (nSPS) is 43.0. The summed E-state index contributed by atoms with van der Waals surface area (Å²) >= 11 is 0. The first-order chi connectivity index (χ1) is 11.9. The molecular weight excluding hydrogens is 288 g/mol. The molecular formula is C24H16. The Labute approximate surface area is 141 Å². The number of fused-ring (bicyclic) bond motifs is 2. The third kappa shape index (κ3) is 0.692. The summed E-state index contributed by atoms with van der Waals surface area (Å²) in [7, 11) is 0. The third-order valence-corrected chi connectivity index (χ3v) is 7.65. The van der Waals surface area contributed by atoms with Gasteiger partial charge in [-0.05, 0) is 22.3 Å². The van der Waals surface area contributed by atoms with Crippen molar-refractivity contribution in [2.45, 2.75) is 21.7 Å². The fourth-order valence-corrected chi connectivity index (χ4v) is 7.31. The molecule has 0 N–H and O–H groups in total. The van der Waals surface area contributed by atoms with Gasteiger partial charge in [-0.15, -0.1) is 0 Å². The van der Waals surface area contributed by atoms with Gasteiger partial charge in [-0.25, -0.2) is 0 Å². The predicted octanol–water partition coefficient (Wildman–Crippen LogP) is 4.63. The highest BCUT2D eigenvalue weighted by Crippen LogP contribution is 2.92. The molecule has 0 aliphatic heterocycles. The lowest BCUT2D eigenvalue weighted by molar-refractivity contribution is -0.101. The second-order valence-corrected chi connectivity index (χ2v) is 7.76. The van der Waals surface area contributed by atoms with Crippen molar-refractivity contribution < 1.29 is 0 Å². The molecule has 1 saturated carbocycles. The van der Waals surface area contributed by atoms with Crippen molar-refractivity contribution in [1.29, 1.82) is 0 Å². The van der Waals surface area contributed by atoms with Gasteiger partial charge in [0.05, 0.1) is 0 Å². The first-order valence-electron chi connectivity index (χ1n) is 8.81. The number of hydrogen-bond donors (Lipinski definition) is 0. The van der Waals surface area contributed by atoms with Crippen molar-refractivity contribution in [2.24, 2.45) is 0 Å². The van der Waals surface area contributed by atoms with Gasteiger partial charge in [0.15, 0.2) is 0 Å². The Kier molecular flexibility index (Phi) is 1.56. The van der Waals surface area contributed by atoms with Crippen LogP contribution in [-0.2, 0) is 21.7 Å². The van der Waals surface area contributed by atoms with Gasteiger partial charge < -0.3 is 0 Å².